The summed E-state index contributed by atoms with van der Waals surface area (Å²) >= 11 is 11.5. The van der Waals surface area contributed by atoms with E-state index in [-0.39, 0.29) is 10.8 Å². The molecule has 17 heavy (non-hydrogen) atoms. The highest BCUT2D eigenvalue weighted by atomic mass is 35.5. The zero-order chi connectivity index (χ0) is 12.7. The summed E-state index contributed by atoms with van der Waals surface area (Å²) in [6.45, 7) is 4.79. The zero-order valence-electron chi connectivity index (χ0n) is 10.1. The van der Waals surface area contributed by atoms with E-state index in [1.165, 1.54) is 6.07 Å². The number of nitrogens with zero attached hydrogens (tertiary/aromatic N) is 1. The molecule has 96 valence electrons. The molecule has 4 heteroatoms. The van der Waals surface area contributed by atoms with Crippen LogP contribution in [0.3, 0.4) is 0 Å². The van der Waals surface area contributed by atoms with Gasteiger partial charge in [0.15, 0.2) is 0 Å². The van der Waals surface area contributed by atoms with Gasteiger partial charge in [0, 0.05) is 19.0 Å². The van der Waals surface area contributed by atoms with Gasteiger partial charge in [0.2, 0.25) is 0 Å². The molecule has 0 aliphatic carbocycles. The first-order valence-corrected chi connectivity index (χ1v) is 6.81. The molecule has 0 radical (unpaired) electrons. The summed E-state index contributed by atoms with van der Waals surface area (Å²) < 4.78 is 13.0. The Bertz CT molecular complexity index is 344. The van der Waals surface area contributed by atoms with Crippen LogP contribution in [-0.4, -0.2) is 23.9 Å². The Hall–Kier alpha value is -0.310. The van der Waals surface area contributed by atoms with E-state index in [1.54, 1.807) is 12.1 Å². The topological polar surface area (TPSA) is 3.24 Å². The van der Waals surface area contributed by atoms with Crippen molar-refractivity contribution in [2.45, 2.75) is 26.3 Å². The average molecular weight is 278 g/mol. The van der Waals surface area contributed by atoms with Gasteiger partial charge in [-0.25, -0.2) is 4.39 Å². The molecule has 0 saturated carbocycles. The van der Waals surface area contributed by atoms with Crippen molar-refractivity contribution in [2.75, 3.05) is 19.0 Å². The van der Waals surface area contributed by atoms with Gasteiger partial charge in [-0.1, -0.05) is 31.0 Å². The highest BCUT2D eigenvalue weighted by molar-refractivity contribution is 6.30. The predicted molar refractivity (Wildman–Crippen MR) is 72.3 cm³/mol. The van der Waals surface area contributed by atoms with Crippen LogP contribution in [0.2, 0.25) is 5.02 Å². The van der Waals surface area contributed by atoms with Gasteiger partial charge in [-0.05, 0) is 30.7 Å². The quantitative estimate of drug-likeness (QED) is 0.671. The fourth-order valence-corrected chi connectivity index (χ4v) is 2.11. The highest BCUT2D eigenvalue weighted by Gasteiger charge is 2.07. The van der Waals surface area contributed by atoms with Crippen molar-refractivity contribution in [3.63, 3.8) is 0 Å². The Morgan fingerprint density at radius 3 is 2.65 bits per heavy atom. The summed E-state index contributed by atoms with van der Waals surface area (Å²) in [6.07, 6.45) is 2.30. The minimum atomic E-state index is -0.368. The molecule has 1 aromatic rings. The van der Waals surface area contributed by atoms with Crippen molar-refractivity contribution in [1.29, 1.82) is 0 Å². The molecule has 0 unspecified atom stereocenters. The Kier molecular flexibility index (Phi) is 6.86. The first-order chi connectivity index (χ1) is 8.17. The van der Waals surface area contributed by atoms with Gasteiger partial charge >= 0.3 is 0 Å². The maximum absolute atomic E-state index is 13.0. The molecule has 0 heterocycles. The van der Waals surface area contributed by atoms with Gasteiger partial charge in [-0.3, -0.25) is 4.90 Å². The average Bonchev–Trinajstić information content (AvgIpc) is 2.31. The van der Waals surface area contributed by atoms with E-state index in [9.17, 15) is 4.39 Å². The molecule has 0 bridgehead atoms. The second-order valence-electron chi connectivity index (χ2n) is 4.07. The summed E-state index contributed by atoms with van der Waals surface area (Å²) in [4.78, 5) is 2.26. The molecule has 0 aliphatic rings. The fourth-order valence-electron chi connectivity index (χ4n) is 1.67. The second-order valence-corrected chi connectivity index (χ2v) is 4.85. The summed E-state index contributed by atoms with van der Waals surface area (Å²) in [5, 5.41) is 0.184. The van der Waals surface area contributed by atoms with Crippen LogP contribution in [0.4, 0.5) is 4.39 Å². The number of hydrogen-bond acceptors (Lipinski definition) is 1. The molecule has 1 aromatic carbocycles. The SMILES string of the molecule is CCCCN(CCCl)Cc1ccc(F)c(Cl)c1. The van der Waals surface area contributed by atoms with Crippen LogP contribution >= 0.6 is 23.2 Å². The van der Waals surface area contributed by atoms with Crippen LogP contribution in [0.25, 0.3) is 0 Å². The van der Waals surface area contributed by atoms with Gasteiger partial charge < -0.3 is 0 Å². The van der Waals surface area contributed by atoms with E-state index in [0.29, 0.717) is 5.88 Å². The monoisotopic (exact) mass is 277 g/mol. The lowest BCUT2D eigenvalue weighted by molar-refractivity contribution is 0.277. The number of alkyl halides is 1. The second kappa shape index (κ2) is 7.91. The lowest BCUT2D eigenvalue weighted by atomic mass is 10.2. The minimum absolute atomic E-state index is 0.184. The van der Waals surface area contributed by atoms with E-state index >= 15 is 0 Å². The van der Waals surface area contributed by atoms with Crippen molar-refractivity contribution >= 4 is 23.2 Å². The smallest absolute Gasteiger partial charge is 0.141 e. The third kappa shape index (κ3) is 5.24. The van der Waals surface area contributed by atoms with Crippen molar-refractivity contribution in [3.05, 3.63) is 34.6 Å². The summed E-state index contributed by atoms with van der Waals surface area (Å²) in [5.41, 5.74) is 1.03. The minimum Gasteiger partial charge on any atom is -0.298 e. The molecule has 0 aliphatic heterocycles. The van der Waals surface area contributed by atoms with Gasteiger partial charge in [-0.2, -0.15) is 0 Å². The van der Waals surface area contributed by atoms with Gasteiger partial charge in [0.05, 0.1) is 5.02 Å². The molecule has 0 atom stereocenters. The summed E-state index contributed by atoms with van der Waals surface area (Å²) in [5.74, 6) is 0.242. The lowest BCUT2D eigenvalue weighted by Gasteiger charge is -2.21. The Labute approximate surface area is 113 Å². The molecule has 0 spiro atoms. The van der Waals surface area contributed by atoms with Crippen molar-refractivity contribution in [3.8, 4) is 0 Å². The summed E-state index contributed by atoms with van der Waals surface area (Å²) in [6, 6.07) is 4.87. The Balaban J connectivity index is 2.61. The molecule has 0 N–H and O–H groups in total. The third-order valence-corrected chi connectivity index (χ3v) is 3.08. The maximum atomic E-state index is 13.0. The summed E-state index contributed by atoms with van der Waals surface area (Å²) in [7, 11) is 0. The number of unbranched alkanes of at least 4 members (excludes halogenated alkanes) is 1. The van der Waals surface area contributed by atoms with Crippen molar-refractivity contribution < 1.29 is 4.39 Å². The lowest BCUT2D eigenvalue weighted by Crippen LogP contribution is -2.26. The Morgan fingerprint density at radius 2 is 2.06 bits per heavy atom. The molecule has 0 fully saturated rings. The number of halogens is 3. The van der Waals surface area contributed by atoms with E-state index in [0.717, 1.165) is 38.0 Å². The molecule has 0 saturated heterocycles. The number of rotatable bonds is 7. The number of hydrogen-bond donors (Lipinski definition) is 0. The van der Waals surface area contributed by atoms with Crippen LogP contribution < -0.4 is 0 Å². The molecule has 0 amide bonds. The first kappa shape index (κ1) is 14.7. The maximum Gasteiger partial charge on any atom is 0.141 e. The van der Waals surface area contributed by atoms with Crippen molar-refractivity contribution in [2.24, 2.45) is 0 Å². The molecular formula is C13H18Cl2FN. The predicted octanol–water partition coefficient (Wildman–Crippen LogP) is 4.32. The van der Waals surface area contributed by atoms with E-state index < -0.39 is 0 Å². The largest absolute Gasteiger partial charge is 0.298 e. The van der Waals surface area contributed by atoms with Crippen LogP contribution in [0.1, 0.15) is 25.3 Å². The van der Waals surface area contributed by atoms with Crippen LogP contribution in [0.5, 0.6) is 0 Å². The molecular weight excluding hydrogens is 260 g/mol. The van der Waals surface area contributed by atoms with E-state index in [4.69, 9.17) is 23.2 Å². The normalized spacial score (nSPS) is 11.1. The fraction of sp³-hybridized carbons (Fsp3) is 0.538. The molecule has 1 nitrogen and oxygen atoms in total. The van der Waals surface area contributed by atoms with Gasteiger partial charge in [0.25, 0.3) is 0 Å². The van der Waals surface area contributed by atoms with E-state index in [1.807, 2.05) is 0 Å². The van der Waals surface area contributed by atoms with Crippen LogP contribution in [0.15, 0.2) is 18.2 Å². The van der Waals surface area contributed by atoms with Gasteiger partial charge in [-0.15, -0.1) is 11.6 Å². The third-order valence-electron chi connectivity index (χ3n) is 2.62. The molecule has 1 rings (SSSR count). The first-order valence-electron chi connectivity index (χ1n) is 5.89. The standard InChI is InChI=1S/C13H18Cl2FN/c1-2-3-7-17(8-6-14)10-11-4-5-13(16)12(15)9-11/h4-5,9H,2-3,6-8,10H2,1H3. The molecule has 0 aromatic heterocycles. The van der Waals surface area contributed by atoms with E-state index in [2.05, 4.69) is 11.8 Å². The Morgan fingerprint density at radius 1 is 1.29 bits per heavy atom. The van der Waals surface area contributed by atoms with Crippen molar-refractivity contribution in [1.82, 2.24) is 4.90 Å². The van der Waals surface area contributed by atoms with Crippen LogP contribution in [0, 0.1) is 5.82 Å². The highest BCUT2D eigenvalue weighted by Crippen LogP contribution is 2.17. The number of benzene rings is 1. The van der Waals surface area contributed by atoms with Gasteiger partial charge in [0.1, 0.15) is 5.82 Å². The van der Waals surface area contributed by atoms with Crippen LogP contribution in [-0.2, 0) is 6.54 Å². The zero-order valence-corrected chi connectivity index (χ0v) is 11.6.